The number of hydrogen-bond donors (Lipinski definition) is 2. The molecule has 1 amide bonds. The second-order valence-corrected chi connectivity index (χ2v) is 5.53. The van der Waals surface area contributed by atoms with E-state index in [4.69, 9.17) is 15.2 Å². The molecular weight excluding hydrogens is 270 g/mol. The lowest BCUT2D eigenvalue weighted by molar-refractivity contribution is -0.126. The molecule has 1 unspecified atom stereocenters. The Bertz CT molecular complexity index is 301. The van der Waals surface area contributed by atoms with Crippen molar-refractivity contribution in [2.75, 3.05) is 53.1 Å². The number of hydrogen-bond acceptors (Lipinski definition) is 5. The summed E-state index contributed by atoms with van der Waals surface area (Å²) in [4.78, 5) is 14.2. The van der Waals surface area contributed by atoms with E-state index in [1.165, 1.54) is 0 Å². The van der Waals surface area contributed by atoms with Gasteiger partial charge in [-0.25, -0.2) is 0 Å². The van der Waals surface area contributed by atoms with Crippen LogP contribution in [0.1, 0.15) is 26.7 Å². The summed E-state index contributed by atoms with van der Waals surface area (Å²) < 4.78 is 10.9. The Morgan fingerprint density at radius 1 is 1.24 bits per heavy atom. The van der Waals surface area contributed by atoms with Gasteiger partial charge in [0.25, 0.3) is 0 Å². The van der Waals surface area contributed by atoms with Gasteiger partial charge in [0.05, 0.1) is 13.2 Å². The van der Waals surface area contributed by atoms with Crippen LogP contribution in [-0.2, 0) is 14.3 Å². The highest BCUT2D eigenvalue weighted by molar-refractivity contribution is 5.86. The summed E-state index contributed by atoms with van der Waals surface area (Å²) in [5.74, 6) is 0.0898. The first-order valence-electron chi connectivity index (χ1n) is 7.97. The lowest BCUT2D eigenvalue weighted by Gasteiger charge is -2.36. The largest absolute Gasteiger partial charge is 0.380 e. The molecule has 21 heavy (non-hydrogen) atoms. The van der Waals surface area contributed by atoms with Gasteiger partial charge in [-0.15, -0.1) is 0 Å². The summed E-state index contributed by atoms with van der Waals surface area (Å²) in [6.45, 7) is 8.87. The molecular formula is C15H31N3O3. The maximum atomic E-state index is 12.0. The zero-order valence-electron chi connectivity index (χ0n) is 13.7. The van der Waals surface area contributed by atoms with Gasteiger partial charge in [-0.1, -0.05) is 0 Å². The van der Waals surface area contributed by atoms with Crippen molar-refractivity contribution in [3.8, 4) is 0 Å². The van der Waals surface area contributed by atoms with Crippen LogP contribution in [0.5, 0.6) is 0 Å². The molecule has 0 radical (unpaired) electrons. The van der Waals surface area contributed by atoms with Crippen LogP contribution in [0, 0.1) is 5.92 Å². The van der Waals surface area contributed by atoms with Crippen molar-refractivity contribution >= 4 is 5.91 Å². The Morgan fingerprint density at radius 2 is 1.76 bits per heavy atom. The van der Waals surface area contributed by atoms with E-state index in [1.807, 2.05) is 20.9 Å². The van der Waals surface area contributed by atoms with E-state index in [0.29, 0.717) is 38.9 Å². The minimum atomic E-state index is -0.627. The van der Waals surface area contributed by atoms with Gasteiger partial charge in [0, 0.05) is 32.8 Å². The number of primary amides is 1. The molecule has 1 saturated carbocycles. The van der Waals surface area contributed by atoms with Crippen LogP contribution >= 0.6 is 0 Å². The van der Waals surface area contributed by atoms with E-state index < -0.39 is 5.54 Å². The summed E-state index contributed by atoms with van der Waals surface area (Å²) in [5.41, 5.74) is 5.06. The lowest BCUT2D eigenvalue weighted by atomic mass is 9.91. The summed E-state index contributed by atoms with van der Waals surface area (Å²) in [6, 6.07) is 0. The minimum Gasteiger partial charge on any atom is -0.380 e. The third kappa shape index (κ3) is 5.54. The van der Waals surface area contributed by atoms with Crippen LogP contribution in [0.4, 0.5) is 0 Å². The molecule has 1 fully saturated rings. The fraction of sp³-hybridized carbons (Fsp3) is 0.933. The maximum Gasteiger partial charge on any atom is 0.239 e. The number of carbonyl (C=O) groups is 1. The quantitative estimate of drug-likeness (QED) is 0.476. The molecule has 0 aromatic heterocycles. The topological polar surface area (TPSA) is 76.8 Å². The zero-order valence-corrected chi connectivity index (χ0v) is 13.7. The van der Waals surface area contributed by atoms with Gasteiger partial charge >= 0.3 is 0 Å². The molecule has 3 N–H and O–H groups in total. The number of nitrogens with one attached hydrogen (secondary N) is 1. The normalized spacial score (nSPS) is 17.9. The molecule has 0 spiro atoms. The van der Waals surface area contributed by atoms with Crippen LogP contribution in [0.2, 0.25) is 0 Å². The van der Waals surface area contributed by atoms with E-state index in [-0.39, 0.29) is 5.91 Å². The van der Waals surface area contributed by atoms with Crippen LogP contribution in [0.25, 0.3) is 0 Å². The first-order valence-corrected chi connectivity index (χ1v) is 7.97. The van der Waals surface area contributed by atoms with Crippen molar-refractivity contribution in [1.29, 1.82) is 0 Å². The summed E-state index contributed by atoms with van der Waals surface area (Å²) >= 11 is 0. The van der Waals surface area contributed by atoms with Gasteiger partial charge in [-0.05, 0) is 39.7 Å². The molecule has 0 saturated heterocycles. The van der Waals surface area contributed by atoms with E-state index in [0.717, 1.165) is 25.9 Å². The molecule has 1 rings (SSSR count). The highest BCUT2D eigenvalue weighted by Gasteiger charge is 2.49. The molecule has 0 aromatic carbocycles. The van der Waals surface area contributed by atoms with Gasteiger partial charge in [0.1, 0.15) is 5.54 Å². The Balaban J connectivity index is 2.63. The number of nitrogens with zero attached hydrogens (tertiary/aromatic N) is 1. The fourth-order valence-corrected chi connectivity index (χ4v) is 2.69. The monoisotopic (exact) mass is 301 g/mol. The molecule has 0 aromatic rings. The van der Waals surface area contributed by atoms with Crippen molar-refractivity contribution in [3.05, 3.63) is 0 Å². The van der Waals surface area contributed by atoms with Gasteiger partial charge in [-0.3, -0.25) is 9.69 Å². The third-order valence-electron chi connectivity index (χ3n) is 4.15. The first-order chi connectivity index (χ1) is 10.1. The Kier molecular flexibility index (Phi) is 8.18. The van der Waals surface area contributed by atoms with Crippen molar-refractivity contribution in [3.63, 3.8) is 0 Å². The molecule has 6 heteroatoms. The smallest absolute Gasteiger partial charge is 0.239 e. The summed E-state index contributed by atoms with van der Waals surface area (Å²) in [6.07, 6.45) is 2.13. The Morgan fingerprint density at radius 3 is 2.10 bits per heavy atom. The Hall–Kier alpha value is -0.690. The highest BCUT2D eigenvalue weighted by atomic mass is 16.5. The van der Waals surface area contributed by atoms with Gasteiger partial charge in [-0.2, -0.15) is 0 Å². The van der Waals surface area contributed by atoms with E-state index >= 15 is 0 Å². The van der Waals surface area contributed by atoms with Crippen molar-refractivity contribution in [2.45, 2.75) is 32.2 Å². The Labute approximate surface area is 128 Å². The van der Waals surface area contributed by atoms with Crippen LogP contribution in [-0.4, -0.2) is 69.5 Å². The average Bonchev–Trinajstić information content (AvgIpc) is 3.29. The van der Waals surface area contributed by atoms with Crippen LogP contribution < -0.4 is 11.1 Å². The number of rotatable bonds is 13. The second kappa shape index (κ2) is 9.35. The predicted molar refractivity (Wildman–Crippen MR) is 83.1 cm³/mol. The second-order valence-electron chi connectivity index (χ2n) is 5.53. The van der Waals surface area contributed by atoms with Crippen LogP contribution in [0.15, 0.2) is 0 Å². The van der Waals surface area contributed by atoms with Crippen LogP contribution in [0.3, 0.4) is 0 Å². The van der Waals surface area contributed by atoms with Gasteiger partial charge in [0.15, 0.2) is 0 Å². The number of likely N-dealkylation sites (N-methyl/N-ethyl adjacent to an activating group) is 1. The fourth-order valence-electron chi connectivity index (χ4n) is 2.69. The maximum absolute atomic E-state index is 12.0. The lowest BCUT2D eigenvalue weighted by Crippen LogP contribution is -2.62. The molecule has 124 valence electrons. The standard InChI is InChI=1S/C15H31N3O3/c1-4-20-10-8-18(9-11-21-5-2)12-15(17-3,14(16)19)13-6-7-13/h13,17H,4-12H2,1-3H3,(H2,16,19). The molecule has 0 bridgehead atoms. The first kappa shape index (κ1) is 18.4. The SMILES string of the molecule is CCOCCN(CCOCC)CC(NC)(C(N)=O)C1CC1. The minimum absolute atomic E-state index is 0.259. The number of ether oxygens (including phenoxy) is 2. The molecule has 0 heterocycles. The zero-order chi connectivity index (χ0) is 15.7. The average molecular weight is 301 g/mol. The van der Waals surface area contributed by atoms with E-state index in [9.17, 15) is 4.79 Å². The van der Waals surface area contributed by atoms with Crippen molar-refractivity contribution in [1.82, 2.24) is 10.2 Å². The van der Waals surface area contributed by atoms with Crippen molar-refractivity contribution in [2.24, 2.45) is 11.7 Å². The summed E-state index contributed by atoms with van der Waals surface area (Å²) in [7, 11) is 1.83. The highest BCUT2D eigenvalue weighted by Crippen LogP contribution is 2.40. The molecule has 1 atom stereocenters. The number of nitrogens with two attached hydrogens (primary N) is 1. The van der Waals surface area contributed by atoms with Gasteiger partial charge < -0.3 is 20.5 Å². The van der Waals surface area contributed by atoms with Crippen molar-refractivity contribution < 1.29 is 14.3 Å². The molecule has 1 aliphatic rings. The molecule has 0 aliphatic heterocycles. The van der Waals surface area contributed by atoms with E-state index in [1.54, 1.807) is 0 Å². The number of amides is 1. The predicted octanol–water partition coefficient (Wildman–Crippen LogP) is 0.215. The van der Waals surface area contributed by atoms with Gasteiger partial charge in [0.2, 0.25) is 5.91 Å². The summed E-state index contributed by atoms with van der Waals surface area (Å²) in [5, 5.41) is 3.19. The van der Waals surface area contributed by atoms with E-state index in [2.05, 4.69) is 10.2 Å². The molecule has 1 aliphatic carbocycles. The number of carbonyl (C=O) groups excluding carboxylic acids is 1. The molecule has 6 nitrogen and oxygen atoms in total. The third-order valence-corrected chi connectivity index (χ3v) is 4.15.